The summed E-state index contributed by atoms with van der Waals surface area (Å²) in [6.07, 6.45) is 1.13. The van der Waals surface area contributed by atoms with Crippen LogP contribution in [-0.4, -0.2) is 16.7 Å². The number of rotatable bonds is 2. The van der Waals surface area contributed by atoms with Gasteiger partial charge in [0.15, 0.2) is 5.13 Å². The first-order valence-electron chi connectivity index (χ1n) is 4.41. The van der Waals surface area contributed by atoms with Gasteiger partial charge in [-0.15, -0.1) is 22.9 Å². The quantitative estimate of drug-likeness (QED) is 0.818. The van der Waals surface area contributed by atoms with Crippen LogP contribution in [-0.2, 0) is 10.6 Å². The van der Waals surface area contributed by atoms with Crippen LogP contribution >= 0.6 is 22.9 Å². The van der Waals surface area contributed by atoms with Gasteiger partial charge in [-0.3, -0.25) is 5.32 Å². The van der Waals surface area contributed by atoms with Crippen molar-refractivity contribution in [1.29, 1.82) is 0 Å². The molecule has 15 heavy (non-hydrogen) atoms. The van der Waals surface area contributed by atoms with E-state index in [0.717, 1.165) is 4.88 Å². The Hall–Kier alpha value is -0.810. The maximum Gasteiger partial charge on any atom is 0.413 e. The lowest BCUT2D eigenvalue weighted by Crippen LogP contribution is -2.27. The maximum absolute atomic E-state index is 11.3. The summed E-state index contributed by atoms with van der Waals surface area (Å²) in [7, 11) is 0. The zero-order chi connectivity index (χ0) is 11.5. The molecule has 0 aliphatic carbocycles. The molecule has 0 spiro atoms. The Balaban J connectivity index is 2.51. The molecule has 1 aromatic rings. The van der Waals surface area contributed by atoms with Crippen molar-refractivity contribution in [3.8, 4) is 0 Å². The van der Waals surface area contributed by atoms with E-state index < -0.39 is 11.7 Å². The number of carbonyl (C=O) groups excluding carboxylic acids is 1. The number of alkyl halides is 1. The molecule has 1 rings (SSSR count). The van der Waals surface area contributed by atoms with Crippen LogP contribution in [0.5, 0.6) is 0 Å². The second-order valence-corrected chi connectivity index (χ2v) is 5.27. The van der Waals surface area contributed by atoms with E-state index in [1.807, 2.05) is 0 Å². The fraction of sp³-hybridized carbons (Fsp3) is 0.556. The smallest absolute Gasteiger partial charge is 0.413 e. The Bertz CT molecular complexity index is 346. The van der Waals surface area contributed by atoms with Crippen LogP contribution in [0.25, 0.3) is 0 Å². The van der Waals surface area contributed by atoms with E-state index in [1.165, 1.54) is 11.3 Å². The highest BCUT2D eigenvalue weighted by Crippen LogP contribution is 2.20. The van der Waals surface area contributed by atoms with E-state index in [4.69, 9.17) is 16.3 Å². The number of nitrogens with zero attached hydrogens (tertiary/aromatic N) is 1. The molecule has 84 valence electrons. The summed E-state index contributed by atoms with van der Waals surface area (Å²) in [5.74, 6) is 0.396. The standard InChI is InChI=1S/C9H13ClN2O2S/c1-9(2,3)14-8(13)12-7-11-5-6(4-10)15-7/h5H,4H2,1-3H3,(H,11,12,13). The van der Waals surface area contributed by atoms with Crippen molar-refractivity contribution in [2.75, 3.05) is 5.32 Å². The van der Waals surface area contributed by atoms with Gasteiger partial charge >= 0.3 is 6.09 Å². The monoisotopic (exact) mass is 248 g/mol. The molecule has 0 radical (unpaired) electrons. The van der Waals surface area contributed by atoms with Gasteiger partial charge in [0.1, 0.15) is 5.60 Å². The van der Waals surface area contributed by atoms with E-state index in [-0.39, 0.29) is 0 Å². The minimum absolute atomic E-state index is 0.396. The van der Waals surface area contributed by atoms with Gasteiger partial charge in [-0.2, -0.15) is 0 Å². The lowest BCUT2D eigenvalue weighted by molar-refractivity contribution is 0.0636. The van der Waals surface area contributed by atoms with E-state index in [2.05, 4.69) is 10.3 Å². The van der Waals surface area contributed by atoms with Crippen LogP contribution in [0.3, 0.4) is 0 Å². The summed E-state index contributed by atoms with van der Waals surface area (Å²) in [6.45, 7) is 5.41. The first-order chi connectivity index (χ1) is 6.90. The zero-order valence-electron chi connectivity index (χ0n) is 8.83. The molecule has 4 nitrogen and oxygen atoms in total. The number of amides is 1. The summed E-state index contributed by atoms with van der Waals surface area (Å²) in [4.78, 5) is 16.2. The highest BCUT2D eigenvalue weighted by atomic mass is 35.5. The minimum atomic E-state index is -0.503. The molecule has 0 bridgehead atoms. The number of thiazole rings is 1. The Kier molecular flexibility index (Phi) is 3.93. The van der Waals surface area contributed by atoms with Gasteiger partial charge in [-0.05, 0) is 20.8 Å². The largest absolute Gasteiger partial charge is 0.444 e. The van der Waals surface area contributed by atoms with Crippen molar-refractivity contribution in [2.45, 2.75) is 32.3 Å². The van der Waals surface area contributed by atoms with Gasteiger partial charge in [-0.25, -0.2) is 9.78 Å². The van der Waals surface area contributed by atoms with Gasteiger partial charge in [0, 0.05) is 11.1 Å². The van der Waals surface area contributed by atoms with E-state index >= 15 is 0 Å². The molecule has 0 aliphatic rings. The SMILES string of the molecule is CC(C)(C)OC(=O)Nc1ncc(CCl)s1. The van der Waals surface area contributed by atoms with E-state index in [9.17, 15) is 4.79 Å². The summed E-state index contributed by atoms with van der Waals surface area (Å²) in [5, 5.41) is 3.04. The average Bonchev–Trinajstić information content (AvgIpc) is 2.48. The van der Waals surface area contributed by atoms with Crippen molar-refractivity contribution in [1.82, 2.24) is 4.98 Å². The molecule has 0 atom stereocenters. The van der Waals surface area contributed by atoms with Crippen LogP contribution in [0, 0.1) is 0 Å². The van der Waals surface area contributed by atoms with Crippen molar-refractivity contribution in [3.05, 3.63) is 11.1 Å². The molecular formula is C9H13ClN2O2S. The maximum atomic E-state index is 11.3. The molecule has 0 aliphatic heterocycles. The minimum Gasteiger partial charge on any atom is -0.444 e. The summed E-state index contributed by atoms with van der Waals surface area (Å²) in [5.41, 5.74) is -0.503. The molecule has 1 aromatic heterocycles. The third kappa shape index (κ3) is 4.48. The number of ether oxygens (including phenoxy) is 1. The molecule has 0 aromatic carbocycles. The predicted molar refractivity (Wildman–Crippen MR) is 61.5 cm³/mol. The molecule has 1 amide bonds. The third-order valence-corrected chi connectivity index (χ3v) is 2.65. The Labute approximate surface area is 97.6 Å². The highest BCUT2D eigenvalue weighted by molar-refractivity contribution is 7.15. The lowest BCUT2D eigenvalue weighted by Gasteiger charge is -2.18. The molecule has 1 N–H and O–H groups in total. The summed E-state index contributed by atoms with van der Waals surface area (Å²) in [6, 6.07) is 0. The van der Waals surface area contributed by atoms with Crippen molar-refractivity contribution >= 4 is 34.2 Å². The molecule has 0 saturated heterocycles. The van der Waals surface area contributed by atoms with Crippen LogP contribution < -0.4 is 5.32 Å². The van der Waals surface area contributed by atoms with E-state index in [0.29, 0.717) is 11.0 Å². The second kappa shape index (κ2) is 4.81. The highest BCUT2D eigenvalue weighted by Gasteiger charge is 2.17. The van der Waals surface area contributed by atoms with Crippen molar-refractivity contribution in [3.63, 3.8) is 0 Å². The van der Waals surface area contributed by atoms with E-state index in [1.54, 1.807) is 27.0 Å². The van der Waals surface area contributed by atoms with Crippen molar-refractivity contribution in [2.24, 2.45) is 0 Å². The van der Waals surface area contributed by atoms with Gasteiger partial charge in [0.25, 0.3) is 0 Å². The van der Waals surface area contributed by atoms with Crippen LogP contribution in [0.4, 0.5) is 9.93 Å². The van der Waals surface area contributed by atoms with Gasteiger partial charge in [0.05, 0.1) is 5.88 Å². The number of carbonyl (C=O) groups is 1. The first kappa shape index (κ1) is 12.3. The molecule has 6 heteroatoms. The topological polar surface area (TPSA) is 51.2 Å². The summed E-state index contributed by atoms with van der Waals surface area (Å²) >= 11 is 6.94. The zero-order valence-corrected chi connectivity index (χ0v) is 10.4. The number of hydrogen-bond acceptors (Lipinski definition) is 4. The fourth-order valence-corrected chi connectivity index (χ4v) is 1.70. The molecule has 0 saturated carbocycles. The first-order valence-corrected chi connectivity index (χ1v) is 5.76. The Morgan fingerprint density at radius 2 is 2.33 bits per heavy atom. The molecule has 0 unspecified atom stereocenters. The molecule has 0 fully saturated rings. The van der Waals surface area contributed by atoms with Crippen LogP contribution in [0.15, 0.2) is 6.20 Å². The van der Waals surface area contributed by atoms with Gasteiger partial charge in [-0.1, -0.05) is 0 Å². The Morgan fingerprint density at radius 3 is 2.80 bits per heavy atom. The second-order valence-electron chi connectivity index (χ2n) is 3.89. The third-order valence-electron chi connectivity index (χ3n) is 1.29. The van der Waals surface area contributed by atoms with Crippen LogP contribution in [0.1, 0.15) is 25.6 Å². The predicted octanol–water partition coefficient (Wildman–Crippen LogP) is 3.23. The van der Waals surface area contributed by atoms with Crippen molar-refractivity contribution < 1.29 is 9.53 Å². The number of anilines is 1. The fourth-order valence-electron chi connectivity index (χ4n) is 0.818. The van der Waals surface area contributed by atoms with Gasteiger partial charge in [0.2, 0.25) is 0 Å². The van der Waals surface area contributed by atoms with Gasteiger partial charge < -0.3 is 4.74 Å². The summed E-state index contributed by atoms with van der Waals surface area (Å²) < 4.78 is 5.07. The molecular weight excluding hydrogens is 236 g/mol. The van der Waals surface area contributed by atoms with Crippen LogP contribution in [0.2, 0.25) is 0 Å². The average molecular weight is 249 g/mol. The Morgan fingerprint density at radius 1 is 1.67 bits per heavy atom. The normalized spacial score (nSPS) is 11.2. The number of halogens is 1. The number of aromatic nitrogens is 1. The number of nitrogens with one attached hydrogen (secondary N) is 1. The molecule has 1 heterocycles. The lowest BCUT2D eigenvalue weighted by atomic mass is 10.2. The number of hydrogen-bond donors (Lipinski definition) is 1.